The molecule has 15 atom stereocenters. The molecule has 378 valence electrons. The molecule has 7 rings (SSSR count). The lowest BCUT2D eigenvalue weighted by atomic mass is 9.71. The number of allylic oxidation sites excluding steroid dienone is 3. The number of carbonyl (C=O) groups is 1. The molecule has 4 fully saturated rings. The number of rotatable bonds is 12. The lowest BCUT2D eigenvalue weighted by Crippen LogP contribution is -2.51. The Morgan fingerprint density at radius 3 is 2.55 bits per heavy atom. The molecular formula is C54H73BrN2O12. The van der Waals surface area contributed by atoms with Gasteiger partial charge < -0.3 is 52.6 Å². The summed E-state index contributed by atoms with van der Waals surface area (Å²) in [7, 11) is 3.23. The van der Waals surface area contributed by atoms with Gasteiger partial charge in [0.2, 0.25) is 5.89 Å². The molecule has 0 saturated carbocycles. The number of hydrogen-bond donors (Lipinski definition) is 3. The van der Waals surface area contributed by atoms with Crippen molar-refractivity contribution in [3.8, 4) is 0 Å². The fraction of sp³-hybridized carbons (Fsp3) is 0.611. The van der Waals surface area contributed by atoms with Crippen LogP contribution in [0.2, 0.25) is 0 Å². The number of ether oxygens (including phenoxy) is 6. The Balaban J connectivity index is 1.06. The zero-order chi connectivity index (χ0) is 49.2. The predicted molar refractivity (Wildman–Crippen MR) is 265 cm³/mol. The average Bonchev–Trinajstić information content (AvgIpc) is 3.96. The summed E-state index contributed by atoms with van der Waals surface area (Å²) in [5, 5.41) is 34.0. The topological polar surface area (TPSA) is 185 Å². The summed E-state index contributed by atoms with van der Waals surface area (Å²) in [6.45, 7) is 12.5. The van der Waals surface area contributed by atoms with Crippen LogP contribution in [-0.2, 0) is 39.6 Å². The maximum atomic E-state index is 13.8. The predicted octanol–water partition coefficient (Wildman–Crippen LogP) is 9.42. The molecule has 0 aliphatic carbocycles. The van der Waals surface area contributed by atoms with E-state index in [2.05, 4.69) is 36.4 Å². The molecular weight excluding hydrogens is 948 g/mol. The molecule has 7 heterocycles. The van der Waals surface area contributed by atoms with E-state index in [1.165, 1.54) is 0 Å². The maximum absolute atomic E-state index is 13.8. The third kappa shape index (κ3) is 14.7. The van der Waals surface area contributed by atoms with Crippen molar-refractivity contribution in [3.63, 3.8) is 0 Å². The number of halogens is 1. The van der Waals surface area contributed by atoms with Gasteiger partial charge in [-0.05, 0) is 98.9 Å². The van der Waals surface area contributed by atoms with Crippen LogP contribution in [0.1, 0.15) is 128 Å². The first kappa shape index (κ1) is 53.2. The van der Waals surface area contributed by atoms with Gasteiger partial charge in [0.1, 0.15) is 30.0 Å². The van der Waals surface area contributed by atoms with Crippen molar-refractivity contribution in [3.05, 3.63) is 107 Å². The number of aliphatic hydroxyl groups excluding tert-OH is 2. The number of nitrogens with zero attached hydrogens (tertiary/aromatic N) is 2. The van der Waals surface area contributed by atoms with Gasteiger partial charge in [0, 0.05) is 46.3 Å². The molecule has 14 nitrogen and oxygen atoms in total. The van der Waals surface area contributed by atoms with E-state index in [-0.39, 0.29) is 85.0 Å². The van der Waals surface area contributed by atoms with Gasteiger partial charge in [0.15, 0.2) is 17.5 Å². The van der Waals surface area contributed by atoms with E-state index < -0.39 is 30.2 Å². The SMILES string of the molecule is C=C1C[C@@H]2C[C@@H]3C[C@@H](O)C[C@@H](O3)c3coc(n3)/C=C/C[C@H]3O[C@@H](/C(C)=C/c4coc(C[C@]5(O)C[C@H](OC)C[C@H]([C@H](O)/C=C(C)/C=C/[C@@H](C/C=C/Br)OC)O5)n4)[C@H](C)[C@@H](CC(=O)/C=C\C[C@@H](C1)O2)[C@H]3C. The highest BCUT2D eigenvalue weighted by Gasteiger charge is 2.45. The van der Waals surface area contributed by atoms with Crippen LogP contribution in [0.3, 0.4) is 0 Å². The molecule has 2 aromatic rings. The molecule has 3 N–H and O–H groups in total. The van der Waals surface area contributed by atoms with Crippen LogP contribution in [0.5, 0.6) is 0 Å². The van der Waals surface area contributed by atoms with Gasteiger partial charge in [0.05, 0.1) is 67.5 Å². The van der Waals surface area contributed by atoms with Crippen LogP contribution in [0, 0.1) is 17.8 Å². The van der Waals surface area contributed by atoms with Crippen LogP contribution in [0.15, 0.2) is 92.2 Å². The smallest absolute Gasteiger partial charge is 0.218 e. The van der Waals surface area contributed by atoms with Gasteiger partial charge >= 0.3 is 0 Å². The van der Waals surface area contributed by atoms with Crippen molar-refractivity contribution in [1.82, 2.24) is 9.97 Å². The Bertz CT molecular complexity index is 2210. The molecule has 0 unspecified atom stereocenters. The Labute approximate surface area is 415 Å². The Kier molecular flexibility index (Phi) is 19.0. The highest BCUT2D eigenvalue weighted by molar-refractivity contribution is 9.11. The Morgan fingerprint density at radius 2 is 1.77 bits per heavy atom. The first-order valence-electron chi connectivity index (χ1n) is 24.6. The monoisotopic (exact) mass is 1020 g/mol. The number of hydrogen-bond acceptors (Lipinski definition) is 14. The van der Waals surface area contributed by atoms with Crippen LogP contribution >= 0.6 is 15.9 Å². The summed E-state index contributed by atoms with van der Waals surface area (Å²) in [4.78, 5) is 25.1. The van der Waals surface area contributed by atoms with E-state index in [0.717, 1.165) is 29.6 Å². The van der Waals surface area contributed by atoms with E-state index in [1.807, 2.05) is 56.4 Å². The highest BCUT2D eigenvalue weighted by atomic mass is 79.9. The van der Waals surface area contributed by atoms with Crippen molar-refractivity contribution in [2.45, 2.75) is 178 Å². The molecule has 0 aromatic carbocycles. The molecule has 0 amide bonds. The van der Waals surface area contributed by atoms with Gasteiger partial charge in [-0.25, -0.2) is 9.97 Å². The van der Waals surface area contributed by atoms with E-state index >= 15 is 0 Å². The standard InChI is InChI=1S/C54H73BrN2O12/c1-32(16-17-40(62-6)13-10-18-55)21-47(60)50-27-44(63-7)28-54(61,69-50)29-52-56-37(30-64-52)22-34(3)53-36(5)45-24-38(58)11-8-12-41-19-33(2)20-42(66-41)26-43-23-39(59)25-49(67-43)46-31-65-51(57-46)15-9-14-48(68-53)35(45)4/h8-11,15-18,21-22,30-31,35-36,39-45,47-50,53,59-61H,2,12-14,19-20,23-29H2,1,3-7H3/b11-8-,15-9+,17-16+,18-10+,32-21+,34-22+/t35-,36-,39-,40-,41+,42-,43+,44-,45+,47-,48-,49-,50-,53+,54+/m1/s1. The number of oxazole rings is 2. The Hall–Kier alpha value is -3.61. The summed E-state index contributed by atoms with van der Waals surface area (Å²) in [6.07, 6.45) is 21.7. The second-order valence-electron chi connectivity index (χ2n) is 19.9. The van der Waals surface area contributed by atoms with Crippen LogP contribution in [0.25, 0.3) is 12.2 Å². The van der Waals surface area contributed by atoms with Crippen molar-refractivity contribution in [1.29, 1.82) is 0 Å². The molecule has 2 aromatic heterocycles. The van der Waals surface area contributed by atoms with Crippen molar-refractivity contribution in [2.75, 3.05) is 14.2 Å². The van der Waals surface area contributed by atoms with Gasteiger partial charge in [-0.3, -0.25) is 4.79 Å². The average molecular weight is 1020 g/mol. The molecule has 8 bridgehead atoms. The largest absolute Gasteiger partial charge is 0.448 e. The summed E-state index contributed by atoms with van der Waals surface area (Å²) in [5.74, 6) is -0.925. The maximum Gasteiger partial charge on any atom is 0.218 e. The minimum absolute atomic E-state index is 0.00383. The third-order valence-electron chi connectivity index (χ3n) is 14.4. The van der Waals surface area contributed by atoms with Crippen LogP contribution in [-0.4, -0.2) is 112 Å². The van der Waals surface area contributed by atoms with E-state index in [9.17, 15) is 20.1 Å². The van der Waals surface area contributed by atoms with E-state index in [1.54, 1.807) is 43.9 Å². The molecule has 0 radical (unpaired) electrons. The minimum atomic E-state index is -1.71. The van der Waals surface area contributed by atoms with Crippen LogP contribution < -0.4 is 0 Å². The number of ketones is 1. The summed E-state index contributed by atoms with van der Waals surface area (Å²) >= 11 is 3.29. The van der Waals surface area contributed by atoms with Crippen molar-refractivity contribution < 1.29 is 57.4 Å². The van der Waals surface area contributed by atoms with Gasteiger partial charge in [-0.2, -0.15) is 0 Å². The number of methoxy groups -OCH3 is 2. The third-order valence-corrected chi connectivity index (χ3v) is 14.8. The second kappa shape index (κ2) is 24.7. The second-order valence-corrected chi connectivity index (χ2v) is 20.5. The van der Waals surface area contributed by atoms with Crippen molar-refractivity contribution in [2.24, 2.45) is 17.8 Å². The first-order chi connectivity index (χ1) is 33.1. The lowest BCUT2D eigenvalue weighted by Gasteiger charge is -2.45. The van der Waals surface area contributed by atoms with E-state index in [4.69, 9.17) is 47.2 Å². The van der Waals surface area contributed by atoms with Crippen LogP contribution in [0.4, 0.5) is 0 Å². The fourth-order valence-corrected chi connectivity index (χ4v) is 11.0. The summed E-state index contributed by atoms with van der Waals surface area (Å²) in [5.41, 5.74) is 4.04. The normalized spacial score (nSPS) is 36.3. The molecule has 5 aliphatic rings. The molecule has 4 saturated heterocycles. The zero-order valence-electron chi connectivity index (χ0n) is 41.0. The number of carbonyl (C=O) groups excluding carboxylic acids is 1. The van der Waals surface area contributed by atoms with Gasteiger partial charge in [-0.15, -0.1) is 0 Å². The summed E-state index contributed by atoms with van der Waals surface area (Å²) < 4.78 is 49.2. The highest BCUT2D eigenvalue weighted by Crippen LogP contribution is 2.42. The number of aliphatic hydroxyl groups is 3. The zero-order valence-corrected chi connectivity index (χ0v) is 42.6. The lowest BCUT2D eigenvalue weighted by molar-refractivity contribution is -0.286. The van der Waals surface area contributed by atoms with Gasteiger partial charge in [-0.1, -0.05) is 84.0 Å². The van der Waals surface area contributed by atoms with Gasteiger partial charge in [0.25, 0.3) is 0 Å². The molecule has 15 heteroatoms. The molecule has 0 spiro atoms. The van der Waals surface area contributed by atoms with Crippen molar-refractivity contribution >= 4 is 33.9 Å². The number of fused-ring (bicyclic) bond motifs is 9. The van der Waals surface area contributed by atoms with E-state index in [0.29, 0.717) is 68.6 Å². The summed E-state index contributed by atoms with van der Waals surface area (Å²) in [6, 6.07) is 0. The Morgan fingerprint density at radius 1 is 0.971 bits per heavy atom. The number of aromatic nitrogens is 2. The quantitative estimate of drug-likeness (QED) is 0.135. The molecule has 5 aliphatic heterocycles. The fourth-order valence-electron chi connectivity index (χ4n) is 10.8. The minimum Gasteiger partial charge on any atom is -0.448 e. The molecule has 69 heavy (non-hydrogen) atoms. The first-order valence-corrected chi connectivity index (χ1v) is 25.5.